The number of hydrogen-bond acceptors (Lipinski definition) is 2. The fourth-order valence-corrected chi connectivity index (χ4v) is 0.272. The predicted molar refractivity (Wildman–Crippen MR) is 25.7 cm³/mol. The number of aliphatic hydroxyl groups is 1. The molecule has 44 valence electrons. The Morgan fingerprint density at radius 1 is 1.71 bits per heavy atom. The Kier molecular flexibility index (Phi) is 3.93. The van der Waals surface area contributed by atoms with Gasteiger partial charge >= 0.3 is 0 Å². The third-order valence-corrected chi connectivity index (χ3v) is 0.678. The van der Waals surface area contributed by atoms with Gasteiger partial charge in [-0.15, -0.1) is 0 Å². The Labute approximate surface area is 42.1 Å². The van der Waals surface area contributed by atoms with E-state index in [0.29, 0.717) is 6.54 Å². The van der Waals surface area contributed by atoms with Gasteiger partial charge in [0, 0.05) is 0 Å². The van der Waals surface area contributed by atoms with E-state index in [9.17, 15) is 4.39 Å². The second-order valence-corrected chi connectivity index (χ2v) is 1.36. The zero-order valence-electron chi connectivity index (χ0n) is 4.10. The highest BCUT2D eigenvalue weighted by Gasteiger charge is 1.99. The molecule has 2 nitrogen and oxygen atoms in total. The van der Waals surface area contributed by atoms with Gasteiger partial charge in [0.05, 0.1) is 6.61 Å². The van der Waals surface area contributed by atoms with Gasteiger partial charge in [0.2, 0.25) is 0 Å². The second-order valence-electron chi connectivity index (χ2n) is 1.36. The lowest BCUT2D eigenvalue weighted by Crippen LogP contribution is -2.12. The summed E-state index contributed by atoms with van der Waals surface area (Å²) < 4.78 is 11.8. The highest BCUT2D eigenvalue weighted by atomic mass is 19.1. The third kappa shape index (κ3) is 3.69. The largest absolute Gasteiger partial charge is 0.393 e. The van der Waals surface area contributed by atoms with Crippen molar-refractivity contribution in [1.82, 2.24) is 0 Å². The fourth-order valence-electron chi connectivity index (χ4n) is 0.272. The first-order valence-electron chi connectivity index (χ1n) is 2.26. The molecule has 3 N–H and O–H groups in total. The van der Waals surface area contributed by atoms with Crippen LogP contribution in [-0.4, -0.2) is 24.4 Å². The molecular weight excluding hydrogens is 97.0 g/mol. The van der Waals surface area contributed by atoms with Gasteiger partial charge in [-0.3, -0.25) is 0 Å². The number of rotatable bonds is 3. The summed E-state index contributed by atoms with van der Waals surface area (Å²) >= 11 is 0. The number of nitrogens with two attached hydrogens (primary N) is 1. The van der Waals surface area contributed by atoms with E-state index in [2.05, 4.69) is 0 Å². The monoisotopic (exact) mass is 107 g/mol. The molecule has 0 aliphatic rings. The Hall–Kier alpha value is -0.150. The van der Waals surface area contributed by atoms with Crippen LogP contribution < -0.4 is 5.73 Å². The van der Waals surface area contributed by atoms with Crippen LogP contribution in [0.4, 0.5) is 4.39 Å². The molecule has 0 aliphatic carbocycles. The molecule has 0 spiro atoms. The van der Waals surface area contributed by atoms with E-state index < -0.39 is 12.8 Å². The van der Waals surface area contributed by atoms with E-state index in [1.54, 1.807) is 0 Å². The van der Waals surface area contributed by atoms with E-state index in [0.717, 1.165) is 0 Å². The van der Waals surface area contributed by atoms with Crippen LogP contribution in [0.25, 0.3) is 0 Å². The Morgan fingerprint density at radius 3 is 2.43 bits per heavy atom. The van der Waals surface area contributed by atoms with Crippen LogP contribution in [0.2, 0.25) is 0 Å². The van der Waals surface area contributed by atoms with Gasteiger partial charge < -0.3 is 10.8 Å². The minimum atomic E-state index is -1.12. The van der Waals surface area contributed by atoms with Crippen molar-refractivity contribution >= 4 is 0 Å². The van der Waals surface area contributed by atoms with Crippen LogP contribution in [0.15, 0.2) is 0 Å². The zero-order chi connectivity index (χ0) is 5.70. The summed E-state index contributed by atoms with van der Waals surface area (Å²) in [5, 5.41) is 8.04. The Balaban J connectivity index is 2.83. The smallest absolute Gasteiger partial charge is 0.124 e. The summed E-state index contributed by atoms with van der Waals surface area (Å²) in [6.45, 7) is -0.0983. The highest BCUT2D eigenvalue weighted by Crippen LogP contribution is 1.91. The minimum absolute atomic E-state index is 0.260. The first-order chi connectivity index (χ1) is 3.31. The van der Waals surface area contributed by atoms with Gasteiger partial charge in [-0.05, 0) is 13.0 Å². The summed E-state index contributed by atoms with van der Waals surface area (Å²) in [7, 11) is 0. The van der Waals surface area contributed by atoms with Gasteiger partial charge in [-0.2, -0.15) is 0 Å². The van der Waals surface area contributed by atoms with Crippen LogP contribution in [-0.2, 0) is 0 Å². The van der Waals surface area contributed by atoms with Crippen molar-refractivity contribution in [2.45, 2.75) is 12.6 Å². The van der Waals surface area contributed by atoms with Crippen molar-refractivity contribution in [1.29, 1.82) is 0 Å². The molecule has 0 heterocycles. The normalized spacial score (nSPS) is 14.1. The minimum Gasteiger partial charge on any atom is -0.393 e. The second kappa shape index (κ2) is 4.02. The van der Waals surface area contributed by atoms with Gasteiger partial charge in [0.1, 0.15) is 6.17 Å². The highest BCUT2D eigenvalue weighted by molar-refractivity contribution is 4.51. The molecule has 7 heavy (non-hydrogen) atoms. The molecule has 1 unspecified atom stereocenters. The van der Waals surface area contributed by atoms with Crippen molar-refractivity contribution in [2.75, 3.05) is 13.2 Å². The number of halogens is 1. The first kappa shape index (κ1) is 6.85. The summed E-state index contributed by atoms with van der Waals surface area (Å²) in [4.78, 5) is 0. The quantitative estimate of drug-likeness (QED) is 0.518. The molecular formula is C4H10FNO. The lowest BCUT2D eigenvalue weighted by molar-refractivity contribution is 0.172. The molecule has 0 saturated heterocycles. The van der Waals surface area contributed by atoms with Crippen molar-refractivity contribution < 1.29 is 9.50 Å². The van der Waals surface area contributed by atoms with E-state index in [1.165, 1.54) is 0 Å². The molecule has 0 rings (SSSR count). The average molecular weight is 107 g/mol. The van der Waals surface area contributed by atoms with E-state index in [-0.39, 0.29) is 6.42 Å². The van der Waals surface area contributed by atoms with Crippen molar-refractivity contribution in [3.8, 4) is 0 Å². The Morgan fingerprint density at radius 2 is 2.29 bits per heavy atom. The lowest BCUT2D eigenvalue weighted by Gasteiger charge is -1.97. The average Bonchev–Trinajstić information content (AvgIpc) is 1.68. The van der Waals surface area contributed by atoms with E-state index in [4.69, 9.17) is 10.8 Å². The van der Waals surface area contributed by atoms with Crippen LogP contribution in [0.3, 0.4) is 0 Å². The molecule has 0 fully saturated rings. The summed E-state index contributed by atoms with van der Waals surface area (Å²) in [6.07, 6.45) is -0.860. The maximum absolute atomic E-state index is 11.8. The van der Waals surface area contributed by atoms with Gasteiger partial charge in [0.25, 0.3) is 0 Å². The third-order valence-electron chi connectivity index (χ3n) is 0.678. The lowest BCUT2D eigenvalue weighted by atomic mass is 10.3. The molecule has 1 atom stereocenters. The van der Waals surface area contributed by atoms with Crippen LogP contribution in [0, 0.1) is 0 Å². The van der Waals surface area contributed by atoms with Crippen molar-refractivity contribution in [3.05, 3.63) is 0 Å². The molecule has 0 aromatic carbocycles. The van der Waals surface area contributed by atoms with Crippen LogP contribution >= 0.6 is 0 Å². The van der Waals surface area contributed by atoms with Gasteiger partial charge in [0.15, 0.2) is 0 Å². The maximum Gasteiger partial charge on any atom is 0.124 e. The summed E-state index contributed by atoms with van der Waals surface area (Å²) in [5.41, 5.74) is 4.95. The van der Waals surface area contributed by atoms with Gasteiger partial charge in [-0.1, -0.05) is 0 Å². The summed E-state index contributed by atoms with van der Waals surface area (Å²) in [5.74, 6) is 0. The topological polar surface area (TPSA) is 46.2 Å². The van der Waals surface area contributed by atoms with Crippen LogP contribution in [0.5, 0.6) is 0 Å². The molecule has 0 radical (unpaired) electrons. The molecule has 0 aliphatic heterocycles. The molecule has 0 aromatic heterocycles. The van der Waals surface area contributed by atoms with E-state index in [1.807, 2.05) is 0 Å². The van der Waals surface area contributed by atoms with E-state index >= 15 is 0 Å². The fraction of sp³-hybridized carbons (Fsp3) is 1.00. The maximum atomic E-state index is 11.8. The van der Waals surface area contributed by atoms with Gasteiger partial charge in [-0.25, -0.2) is 4.39 Å². The molecule has 0 saturated carbocycles. The zero-order valence-corrected chi connectivity index (χ0v) is 4.10. The first-order valence-corrected chi connectivity index (χ1v) is 2.26. The molecule has 0 bridgehead atoms. The number of aliphatic hydroxyl groups excluding tert-OH is 1. The van der Waals surface area contributed by atoms with Crippen molar-refractivity contribution in [2.24, 2.45) is 5.73 Å². The predicted octanol–water partition coefficient (Wildman–Crippen LogP) is -0.334. The van der Waals surface area contributed by atoms with Crippen LogP contribution in [0.1, 0.15) is 6.42 Å². The van der Waals surface area contributed by atoms with Crippen molar-refractivity contribution in [3.63, 3.8) is 0 Å². The molecule has 0 amide bonds. The molecule has 0 aromatic rings. The summed E-state index contributed by atoms with van der Waals surface area (Å²) in [6, 6.07) is 0. The number of hydrogen-bond donors (Lipinski definition) is 2. The standard InChI is InChI=1S/C4H10FNO/c5-4(3-7)1-2-6/h4,7H,1-3,6H2. The molecule has 3 heteroatoms. The Bertz CT molecular complexity index is 42.7. The SMILES string of the molecule is NCCC(F)CO. The number of alkyl halides is 1.